The Kier molecular flexibility index (Phi) is 12.2. The summed E-state index contributed by atoms with van der Waals surface area (Å²) >= 11 is 0.750. The van der Waals surface area contributed by atoms with Gasteiger partial charge in [-0.15, -0.1) is 0 Å². The van der Waals surface area contributed by atoms with Gasteiger partial charge in [0.1, 0.15) is 49.3 Å². The van der Waals surface area contributed by atoms with E-state index in [4.69, 9.17) is 44.2 Å². The quantitative estimate of drug-likeness (QED) is 0.0956. The fraction of sp³-hybridized carbons (Fsp3) is 1.00. The Labute approximate surface area is 226 Å². The summed E-state index contributed by atoms with van der Waals surface area (Å²) in [6.07, 6.45) is -16.2. The molecule has 0 spiro atoms. The summed E-state index contributed by atoms with van der Waals surface area (Å²) in [6.45, 7) is -2.92. The average Bonchev–Trinajstić information content (AvgIpc) is 2.91. The number of aliphatic hydroxyl groups is 10. The van der Waals surface area contributed by atoms with Gasteiger partial charge in [0.25, 0.3) is 0 Å². The number of hydrogen-bond donors (Lipinski definition) is 13. The second-order valence-corrected chi connectivity index (χ2v) is 8.99. The van der Waals surface area contributed by atoms with Crippen molar-refractivity contribution in [2.24, 2.45) is 17.2 Å². The van der Waals surface area contributed by atoms with Crippen molar-refractivity contribution in [3.05, 3.63) is 0 Å². The molecule has 3 fully saturated rings. The van der Waals surface area contributed by atoms with E-state index in [0.717, 1.165) is 20.4 Å². The van der Waals surface area contributed by atoms with Crippen LogP contribution in [0.2, 0.25) is 0 Å². The minimum atomic E-state index is -3.39. The second-order valence-electron chi connectivity index (χ2n) is 8.99. The third-order valence-corrected chi connectivity index (χ3v) is 6.60. The molecule has 16 N–H and O–H groups in total. The topological polar surface area (TPSA) is 344 Å². The summed E-state index contributed by atoms with van der Waals surface area (Å²) in [5, 5.41) is 99.9. The molecule has 0 aromatic heterocycles. The van der Waals surface area contributed by atoms with E-state index in [9.17, 15) is 51.1 Å². The Hall–Kier alpha value is -0.206. The molecule has 0 aromatic carbocycles. The van der Waals surface area contributed by atoms with Crippen LogP contribution in [0.25, 0.3) is 0 Å². The third kappa shape index (κ3) is 6.32. The predicted molar refractivity (Wildman–Crippen MR) is 110 cm³/mol. The zero-order valence-corrected chi connectivity index (χ0v) is 21.3. The van der Waals surface area contributed by atoms with Crippen LogP contribution in [-0.4, -0.2) is 162 Å². The van der Waals surface area contributed by atoms with Crippen LogP contribution >= 0.6 is 0 Å². The molecule has 3 rings (SSSR count). The maximum atomic E-state index is 10.8. The van der Waals surface area contributed by atoms with Gasteiger partial charge in [0.05, 0.1) is 31.3 Å². The van der Waals surface area contributed by atoms with E-state index in [1.807, 2.05) is 0 Å². The zero-order valence-electron chi connectivity index (χ0n) is 19.8. The van der Waals surface area contributed by atoms with Gasteiger partial charge in [-0.25, -0.2) is 0 Å². The fourth-order valence-electron chi connectivity index (χ4n) is 4.24. The molecule has 3 aliphatic heterocycles. The number of nitrogens with two attached hydrogens (primary N) is 3. The van der Waals surface area contributed by atoms with E-state index in [1.165, 1.54) is 0 Å². The first-order chi connectivity index (χ1) is 17.7. The molecule has 3 aliphatic rings. The van der Waals surface area contributed by atoms with Gasteiger partial charge >= 0.3 is 23.7 Å². The molecule has 222 valence electrons. The molecule has 0 aromatic rings. The molecule has 3 heterocycles. The van der Waals surface area contributed by atoms with Gasteiger partial charge in [0.2, 0.25) is 11.6 Å². The summed E-state index contributed by atoms with van der Waals surface area (Å²) in [5.41, 5.74) is 17.4. The van der Waals surface area contributed by atoms with Gasteiger partial charge in [0, 0.05) is 0 Å². The first-order valence-electron chi connectivity index (χ1n) is 11.2. The van der Waals surface area contributed by atoms with E-state index in [2.05, 4.69) is 0 Å². The van der Waals surface area contributed by atoms with E-state index < -0.39 is 111 Å². The molecule has 2 unspecified atom stereocenters. The fourth-order valence-corrected chi connectivity index (χ4v) is 4.24. The molecule has 14 atom stereocenters. The molecule has 3 saturated heterocycles. The Bertz CT molecular complexity index is 756. The molecule has 20 heteroatoms. The first kappa shape index (κ1) is 34.0. The maximum absolute atomic E-state index is 10.8. The molecule has 0 aliphatic carbocycles. The van der Waals surface area contributed by atoms with Gasteiger partial charge < -0.3 is 92.0 Å². The van der Waals surface area contributed by atoms with Crippen molar-refractivity contribution < 1.29 is 98.5 Å². The van der Waals surface area contributed by atoms with Crippen LogP contribution in [0.15, 0.2) is 0 Å². The van der Waals surface area contributed by atoms with Crippen LogP contribution in [0.4, 0.5) is 0 Å². The standard InChI is InChI=1S/C18H35N3O15.O.Ti/c19-6-9(25)11(4(1-22)32-14(6)28)34-15-7(20)10(26)12(5(2-23)33-15)35-16-8(21)13(27)18(30,31)17(29,3-24)36-16;;/h4-16,22-31H,1-3,19-21H2;;/t4-,5-,6-,7-,8-,9-,10-,11?,12?,13-,14-,15+,16+,17+;;/m1../s1. The van der Waals surface area contributed by atoms with E-state index in [0.29, 0.717) is 0 Å². The van der Waals surface area contributed by atoms with Crippen LogP contribution in [0.5, 0.6) is 0 Å². The Morgan fingerprint density at radius 1 is 0.737 bits per heavy atom. The predicted octanol–water partition coefficient (Wildman–Crippen LogP) is -9.16. The van der Waals surface area contributed by atoms with Gasteiger partial charge in [-0.05, 0) is 0 Å². The van der Waals surface area contributed by atoms with Crippen LogP contribution < -0.4 is 17.2 Å². The number of hydrogen-bond acceptors (Lipinski definition) is 19. The summed E-state index contributed by atoms with van der Waals surface area (Å²) < 4.78 is 35.0. The van der Waals surface area contributed by atoms with Gasteiger partial charge in [-0.2, -0.15) is 0 Å². The van der Waals surface area contributed by atoms with E-state index in [1.54, 1.807) is 0 Å². The number of aliphatic hydroxyl groups excluding tert-OH is 7. The van der Waals surface area contributed by atoms with E-state index in [-0.39, 0.29) is 0 Å². The van der Waals surface area contributed by atoms with Crippen LogP contribution in [0, 0.1) is 0 Å². The summed E-state index contributed by atoms with van der Waals surface area (Å²) in [4.78, 5) is 0. The van der Waals surface area contributed by atoms with Gasteiger partial charge in [-0.1, -0.05) is 0 Å². The molecular weight excluding hydrogens is 562 g/mol. The van der Waals surface area contributed by atoms with Crippen molar-refractivity contribution in [2.45, 2.75) is 91.3 Å². The zero-order chi connectivity index (χ0) is 29.2. The Morgan fingerprint density at radius 3 is 1.71 bits per heavy atom. The molecule has 0 radical (unpaired) electrons. The van der Waals surface area contributed by atoms with Crippen LogP contribution in [0.3, 0.4) is 0 Å². The van der Waals surface area contributed by atoms with Gasteiger partial charge in [0.15, 0.2) is 18.9 Å². The van der Waals surface area contributed by atoms with Crippen molar-refractivity contribution in [2.75, 3.05) is 19.8 Å². The molecular formula is C18H35N3O16Ti. The SMILES string of the molecule is N[C@H]1[C@@H](OC2[C@@H](CO)O[C@@H](OC3[C@@H](CO)O[C@@H](O)[C@H](N)[C@H]3O)[C@H](N)[C@H]2O)O[C@@](O)(CO)C(O)(O)[C@@H]1O.[O]=[Ti]. The van der Waals surface area contributed by atoms with Gasteiger partial charge in [-0.3, -0.25) is 0 Å². The van der Waals surface area contributed by atoms with Crippen molar-refractivity contribution in [1.29, 1.82) is 0 Å². The average molecular weight is 597 g/mol. The molecule has 0 amide bonds. The monoisotopic (exact) mass is 597 g/mol. The summed E-state index contributed by atoms with van der Waals surface area (Å²) in [6, 6.07) is -4.51. The summed E-state index contributed by atoms with van der Waals surface area (Å²) in [7, 11) is 0. The van der Waals surface area contributed by atoms with Crippen molar-refractivity contribution in [1.82, 2.24) is 0 Å². The molecule has 0 bridgehead atoms. The van der Waals surface area contributed by atoms with Crippen LogP contribution in [0.1, 0.15) is 0 Å². The molecule has 0 saturated carbocycles. The Balaban J connectivity index is 0.00000247. The number of rotatable bonds is 7. The van der Waals surface area contributed by atoms with Crippen LogP contribution in [-0.2, 0) is 47.4 Å². The van der Waals surface area contributed by atoms with Crippen molar-refractivity contribution in [3.63, 3.8) is 0 Å². The van der Waals surface area contributed by atoms with E-state index >= 15 is 0 Å². The second kappa shape index (κ2) is 13.6. The van der Waals surface area contributed by atoms with Crippen molar-refractivity contribution >= 4 is 0 Å². The summed E-state index contributed by atoms with van der Waals surface area (Å²) in [5.74, 6) is -6.54. The van der Waals surface area contributed by atoms with Crippen molar-refractivity contribution in [3.8, 4) is 0 Å². The first-order valence-corrected chi connectivity index (χ1v) is 11.9. The normalized spacial score (nSPS) is 49.1. The minimum absolute atomic E-state index is 0.699. The number of ether oxygens (including phenoxy) is 5. The molecule has 38 heavy (non-hydrogen) atoms. The molecule has 19 nitrogen and oxygen atoms in total. The Morgan fingerprint density at radius 2 is 1.21 bits per heavy atom. The third-order valence-electron chi connectivity index (χ3n) is 6.60.